The molecule has 0 amide bonds. The Bertz CT molecular complexity index is 688. The predicted molar refractivity (Wildman–Crippen MR) is 76.3 cm³/mol. The van der Waals surface area contributed by atoms with Gasteiger partial charge in [-0.2, -0.15) is 5.26 Å². The fourth-order valence-corrected chi connectivity index (χ4v) is 2.96. The number of anilines is 1. The van der Waals surface area contributed by atoms with Crippen molar-refractivity contribution in [1.29, 1.82) is 5.26 Å². The maximum absolute atomic E-state index is 13.8. The quantitative estimate of drug-likeness (QED) is 0.849. The summed E-state index contributed by atoms with van der Waals surface area (Å²) in [6.45, 7) is 1.55. The average Bonchev–Trinajstić information content (AvgIpc) is 2.93. The second kappa shape index (κ2) is 5.52. The Hall–Kier alpha value is -2.42. The number of aromatic nitrogens is 3. The van der Waals surface area contributed by atoms with Crippen molar-refractivity contribution in [2.45, 2.75) is 18.8 Å². The van der Waals surface area contributed by atoms with E-state index in [0.717, 1.165) is 31.8 Å². The largest absolute Gasteiger partial charge is 0.370 e. The third-order valence-electron chi connectivity index (χ3n) is 3.98. The van der Waals surface area contributed by atoms with E-state index in [4.69, 9.17) is 0 Å². The molecule has 5 nitrogen and oxygen atoms in total. The van der Waals surface area contributed by atoms with Gasteiger partial charge in [0.15, 0.2) is 0 Å². The SMILES string of the molecule is Cn1cnnc1[C@H]1CCCN(c2cccc(F)c2C#N)C1. The van der Waals surface area contributed by atoms with Gasteiger partial charge in [0.2, 0.25) is 0 Å². The number of nitrogens with zero attached hydrogens (tertiary/aromatic N) is 5. The fourth-order valence-electron chi connectivity index (χ4n) is 2.96. The standard InChI is InChI=1S/C15H16FN5/c1-20-10-18-19-15(20)11-4-3-7-21(9-11)14-6-2-5-13(16)12(14)8-17/h2,5-6,10-11H,3-4,7,9H2,1H3/t11-/m0/s1. The molecule has 6 heteroatoms. The van der Waals surface area contributed by atoms with E-state index in [1.54, 1.807) is 18.5 Å². The van der Waals surface area contributed by atoms with Gasteiger partial charge in [-0.15, -0.1) is 10.2 Å². The second-order valence-corrected chi connectivity index (χ2v) is 5.33. The number of aryl methyl sites for hydroxylation is 1. The molecule has 0 N–H and O–H groups in total. The van der Waals surface area contributed by atoms with Crippen molar-refractivity contribution in [2.24, 2.45) is 7.05 Å². The summed E-state index contributed by atoms with van der Waals surface area (Å²) in [5.74, 6) is 0.728. The molecular formula is C15H16FN5. The van der Waals surface area contributed by atoms with Crippen molar-refractivity contribution in [3.63, 3.8) is 0 Å². The minimum atomic E-state index is -0.462. The van der Waals surface area contributed by atoms with Gasteiger partial charge in [-0.3, -0.25) is 0 Å². The van der Waals surface area contributed by atoms with E-state index in [9.17, 15) is 9.65 Å². The third-order valence-corrected chi connectivity index (χ3v) is 3.98. The lowest BCUT2D eigenvalue weighted by molar-refractivity contribution is 0.479. The summed E-state index contributed by atoms with van der Waals surface area (Å²) in [5, 5.41) is 17.3. The molecule has 0 bridgehead atoms. The Morgan fingerprint density at radius 1 is 1.43 bits per heavy atom. The Balaban J connectivity index is 1.89. The summed E-state index contributed by atoms with van der Waals surface area (Å²) in [5.41, 5.74) is 0.792. The molecule has 108 valence electrons. The maximum atomic E-state index is 13.8. The first-order valence-electron chi connectivity index (χ1n) is 6.98. The first kappa shape index (κ1) is 13.6. The Morgan fingerprint density at radius 2 is 2.29 bits per heavy atom. The molecule has 0 radical (unpaired) electrons. The van der Waals surface area contributed by atoms with E-state index < -0.39 is 5.82 Å². The van der Waals surface area contributed by atoms with Crippen molar-refractivity contribution in [1.82, 2.24) is 14.8 Å². The highest BCUT2D eigenvalue weighted by molar-refractivity contribution is 5.60. The molecule has 1 atom stereocenters. The lowest BCUT2D eigenvalue weighted by atomic mass is 9.96. The van der Waals surface area contributed by atoms with Crippen molar-refractivity contribution < 1.29 is 4.39 Å². The summed E-state index contributed by atoms with van der Waals surface area (Å²) in [6, 6.07) is 6.75. The van der Waals surface area contributed by atoms with Crippen LogP contribution in [0.3, 0.4) is 0 Å². The zero-order valence-corrected chi connectivity index (χ0v) is 11.8. The molecule has 1 aliphatic heterocycles. The highest BCUT2D eigenvalue weighted by Gasteiger charge is 2.26. The first-order chi connectivity index (χ1) is 10.2. The molecule has 1 fully saturated rings. The summed E-state index contributed by atoms with van der Waals surface area (Å²) in [6.07, 6.45) is 3.70. The van der Waals surface area contributed by atoms with E-state index in [0.29, 0.717) is 5.69 Å². The number of rotatable bonds is 2. The molecule has 3 rings (SSSR count). The molecule has 0 unspecified atom stereocenters. The van der Waals surface area contributed by atoms with Crippen molar-refractivity contribution in [2.75, 3.05) is 18.0 Å². The van der Waals surface area contributed by atoms with Crippen LogP contribution in [0.4, 0.5) is 10.1 Å². The monoisotopic (exact) mass is 285 g/mol. The van der Waals surface area contributed by atoms with Crippen LogP contribution in [0.5, 0.6) is 0 Å². The van der Waals surface area contributed by atoms with Gasteiger partial charge in [-0.1, -0.05) is 6.07 Å². The summed E-state index contributed by atoms with van der Waals surface area (Å²) >= 11 is 0. The van der Waals surface area contributed by atoms with Gasteiger partial charge in [0.25, 0.3) is 0 Å². The lowest BCUT2D eigenvalue weighted by Crippen LogP contribution is -2.35. The summed E-state index contributed by atoms with van der Waals surface area (Å²) < 4.78 is 15.7. The van der Waals surface area contributed by atoms with Crippen LogP contribution in [0.25, 0.3) is 0 Å². The van der Waals surface area contributed by atoms with Gasteiger partial charge in [0.1, 0.15) is 29.6 Å². The maximum Gasteiger partial charge on any atom is 0.143 e. The van der Waals surface area contributed by atoms with E-state index in [2.05, 4.69) is 15.1 Å². The number of benzene rings is 1. The van der Waals surface area contributed by atoms with Gasteiger partial charge in [-0.05, 0) is 25.0 Å². The Morgan fingerprint density at radius 3 is 3.00 bits per heavy atom. The van der Waals surface area contributed by atoms with Crippen LogP contribution in [0.15, 0.2) is 24.5 Å². The Labute approximate surface area is 122 Å². The molecule has 2 aromatic rings. The third kappa shape index (κ3) is 2.47. The molecule has 0 spiro atoms. The van der Waals surface area contributed by atoms with Gasteiger partial charge in [0, 0.05) is 26.1 Å². The normalized spacial score (nSPS) is 18.5. The van der Waals surface area contributed by atoms with Crippen molar-refractivity contribution >= 4 is 5.69 Å². The van der Waals surface area contributed by atoms with Gasteiger partial charge >= 0.3 is 0 Å². The number of halogens is 1. The van der Waals surface area contributed by atoms with Crippen LogP contribution in [-0.2, 0) is 7.05 Å². The molecule has 1 aliphatic rings. The van der Waals surface area contributed by atoms with Gasteiger partial charge < -0.3 is 9.47 Å². The fraction of sp³-hybridized carbons (Fsp3) is 0.400. The van der Waals surface area contributed by atoms with Crippen molar-refractivity contribution in [3.05, 3.63) is 41.7 Å². The number of nitriles is 1. The van der Waals surface area contributed by atoms with Crippen LogP contribution in [-0.4, -0.2) is 27.9 Å². The minimum absolute atomic E-state index is 0.121. The molecule has 0 aliphatic carbocycles. The predicted octanol–water partition coefficient (Wildman–Crippen LogP) is 2.21. The van der Waals surface area contributed by atoms with Crippen molar-refractivity contribution in [3.8, 4) is 6.07 Å². The van der Waals surface area contributed by atoms with Gasteiger partial charge in [-0.25, -0.2) is 4.39 Å². The number of hydrogen-bond donors (Lipinski definition) is 0. The van der Waals surface area contributed by atoms with Crippen LogP contribution in [0, 0.1) is 17.1 Å². The second-order valence-electron chi connectivity index (χ2n) is 5.33. The molecule has 2 heterocycles. The number of piperidine rings is 1. The van der Waals surface area contributed by atoms with Crippen LogP contribution < -0.4 is 4.90 Å². The minimum Gasteiger partial charge on any atom is -0.370 e. The molecule has 1 aromatic carbocycles. The molecule has 1 saturated heterocycles. The zero-order chi connectivity index (χ0) is 14.8. The van der Waals surface area contributed by atoms with Crippen LogP contribution in [0.2, 0.25) is 0 Å². The highest BCUT2D eigenvalue weighted by atomic mass is 19.1. The molecule has 1 aromatic heterocycles. The first-order valence-corrected chi connectivity index (χ1v) is 6.98. The summed E-state index contributed by atoms with van der Waals surface area (Å²) in [7, 11) is 1.93. The summed E-state index contributed by atoms with van der Waals surface area (Å²) in [4.78, 5) is 2.07. The lowest BCUT2D eigenvalue weighted by Gasteiger charge is -2.34. The molecule has 21 heavy (non-hydrogen) atoms. The Kier molecular flexibility index (Phi) is 3.57. The van der Waals surface area contributed by atoms with Crippen LogP contribution in [0.1, 0.15) is 30.1 Å². The van der Waals surface area contributed by atoms with Gasteiger partial charge in [0.05, 0.1) is 5.69 Å². The van der Waals surface area contributed by atoms with E-state index >= 15 is 0 Å². The smallest absolute Gasteiger partial charge is 0.143 e. The highest BCUT2D eigenvalue weighted by Crippen LogP contribution is 2.31. The zero-order valence-electron chi connectivity index (χ0n) is 11.8. The number of hydrogen-bond acceptors (Lipinski definition) is 4. The van der Waals surface area contributed by atoms with E-state index in [1.165, 1.54) is 6.07 Å². The molecule has 0 saturated carbocycles. The molecular weight excluding hydrogens is 269 g/mol. The van der Waals surface area contributed by atoms with Crippen LogP contribution >= 0.6 is 0 Å². The van der Waals surface area contributed by atoms with E-state index in [1.807, 2.05) is 17.7 Å². The average molecular weight is 285 g/mol. The topological polar surface area (TPSA) is 57.7 Å². The van der Waals surface area contributed by atoms with E-state index in [-0.39, 0.29) is 11.5 Å².